The van der Waals surface area contributed by atoms with E-state index in [1.165, 1.54) is 42.5 Å². The average Bonchev–Trinajstić information content (AvgIpc) is 3.28. The number of methoxy groups -OCH3 is 1. The highest BCUT2D eigenvalue weighted by molar-refractivity contribution is 7.92. The summed E-state index contributed by atoms with van der Waals surface area (Å²) in [6.45, 7) is 0. The smallest absolute Gasteiger partial charge is 0.322 e. The third-order valence-electron chi connectivity index (χ3n) is 4.46. The van der Waals surface area contributed by atoms with E-state index in [1.807, 2.05) is 0 Å². The molecule has 4 aromatic rings. The van der Waals surface area contributed by atoms with Crippen molar-refractivity contribution >= 4 is 39.2 Å². The van der Waals surface area contributed by atoms with Gasteiger partial charge in [-0.3, -0.25) is 14.8 Å². The van der Waals surface area contributed by atoms with E-state index in [1.54, 1.807) is 37.4 Å². The molecule has 0 aliphatic carbocycles. The van der Waals surface area contributed by atoms with Crippen LogP contribution < -0.4 is 14.8 Å². The molecule has 0 fully saturated rings. The topological polar surface area (TPSA) is 123 Å². The van der Waals surface area contributed by atoms with Crippen LogP contribution >= 0.6 is 11.6 Å². The highest BCUT2D eigenvalue weighted by Crippen LogP contribution is 2.24. The van der Waals surface area contributed by atoms with Gasteiger partial charge < -0.3 is 9.15 Å². The molecule has 33 heavy (non-hydrogen) atoms. The standard InChI is InChI=1S/C22H17ClN4O5S/c1-31-18-7-3-5-15(13-18)21-25-26-22(32-21)24-20(28)14-4-2-6-17(12-14)27-33(29,30)19-10-8-16(23)9-11-19/h2-13,27H,1H3,(H,24,26,28). The van der Waals surface area contributed by atoms with Crippen LogP contribution in [0.4, 0.5) is 11.7 Å². The highest BCUT2D eigenvalue weighted by atomic mass is 35.5. The van der Waals surface area contributed by atoms with E-state index in [9.17, 15) is 13.2 Å². The van der Waals surface area contributed by atoms with E-state index in [0.29, 0.717) is 16.3 Å². The number of ether oxygens (including phenoxy) is 1. The first kappa shape index (κ1) is 22.3. The van der Waals surface area contributed by atoms with Gasteiger partial charge in [-0.1, -0.05) is 28.8 Å². The molecule has 9 nitrogen and oxygen atoms in total. The Morgan fingerprint density at radius 2 is 1.76 bits per heavy atom. The summed E-state index contributed by atoms with van der Waals surface area (Å²) in [7, 11) is -2.31. The van der Waals surface area contributed by atoms with Crippen LogP contribution in [-0.2, 0) is 10.0 Å². The fourth-order valence-electron chi connectivity index (χ4n) is 2.87. The van der Waals surface area contributed by atoms with Crippen molar-refractivity contribution in [3.05, 3.63) is 83.4 Å². The third-order valence-corrected chi connectivity index (χ3v) is 6.11. The van der Waals surface area contributed by atoms with E-state index >= 15 is 0 Å². The zero-order valence-electron chi connectivity index (χ0n) is 17.2. The minimum Gasteiger partial charge on any atom is -0.497 e. The predicted octanol–water partition coefficient (Wildman–Crippen LogP) is 4.45. The SMILES string of the molecule is COc1cccc(-c2nnc(NC(=O)c3cccc(NS(=O)(=O)c4ccc(Cl)cc4)c3)o2)c1. The maximum atomic E-state index is 12.6. The molecule has 3 aromatic carbocycles. The normalized spacial score (nSPS) is 11.1. The molecule has 1 aromatic heterocycles. The van der Waals surface area contributed by atoms with Gasteiger partial charge in [0.1, 0.15) is 5.75 Å². The number of sulfonamides is 1. The van der Waals surface area contributed by atoms with Gasteiger partial charge in [-0.05, 0) is 60.7 Å². The fraction of sp³-hybridized carbons (Fsp3) is 0.0455. The van der Waals surface area contributed by atoms with Gasteiger partial charge in [0.25, 0.3) is 15.9 Å². The second kappa shape index (κ2) is 9.31. The number of carbonyl (C=O) groups excluding carboxylic acids is 1. The van der Waals surface area contributed by atoms with Crippen LogP contribution in [-0.4, -0.2) is 31.6 Å². The lowest BCUT2D eigenvalue weighted by Crippen LogP contribution is -2.15. The summed E-state index contributed by atoms with van der Waals surface area (Å²) in [6.07, 6.45) is 0. The lowest BCUT2D eigenvalue weighted by atomic mass is 10.2. The quantitative estimate of drug-likeness (QED) is 0.397. The average molecular weight is 485 g/mol. The monoisotopic (exact) mass is 484 g/mol. The van der Waals surface area contributed by atoms with Gasteiger partial charge in [0.2, 0.25) is 5.89 Å². The molecule has 0 radical (unpaired) electrons. The van der Waals surface area contributed by atoms with Crippen LogP contribution in [0.3, 0.4) is 0 Å². The number of benzene rings is 3. The first-order valence-corrected chi connectivity index (χ1v) is 11.4. The summed E-state index contributed by atoms with van der Waals surface area (Å²) in [5.41, 5.74) is 1.02. The number of nitrogens with one attached hydrogen (secondary N) is 2. The Morgan fingerprint density at radius 3 is 2.52 bits per heavy atom. The van der Waals surface area contributed by atoms with Crippen molar-refractivity contribution in [3.63, 3.8) is 0 Å². The van der Waals surface area contributed by atoms with E-state index in [2.05, 4.69) is 20.2 Å². The summed E-state index contributed by atoms with van der Waals surface area (Å²) in [6, 6.07) is 18.6. The number of rotatable bonds is 7. The first-order valence-electron chi connectivity index (χ1n) is 9.52. The molecular weight excluding hydrogens is 468 g/mol. The Hall–Kier alpha value is -3.89. The molecule has 0 aliphatic heterocycles. The Morgan fingerprint density at radius 1 is 1.00 bits per heavy atom. The van der Waals surface area contributed by atoms with Gasteiger partial charge in [0.05, 0.1) is 12.0 Å². The number of carbonyl (C=O) groups is 1. The fourth-order valence-corrected chi connectivity index (χ4v) is 4.04. The summed E-state index contributed by atoms with van der Waals surface area (Å²) in [5.74, 6) is 0.270. The lowest BCUT2D eigenvalue weighted by molar-refractivity contribution is 0.102. The van der Waals surface area contributed by atoms with Crippen LogP contribution in [0.5, 0.6) is 5.75 Å². The third kappa shape index (κ3) is 5.30. The summed E-state index contributed by atoms with van der Waals surface area (Å²) in [4.78, 5) is 12.7. The van der Waals surface area contributed by atoms with E-state index in [4.69, 9.17) is 20.8 Å². The molecule has 0 atom stereocenters. The zero-order chi connectivity index (χ0) is 23.4. The summed E-state index contributed by atoms with van der Waals surface area (Å²) >= 11 is 5.81. The summed E-state index contributed by atoms with van der Waals surface area (Å²) in [5, 5.41) is 10.7. The summed E-state index contributed by atoms with van der Waals surface area (Å²) < 4.78 is 38.3. The largest absolute Gasteiger partial charge is 0.497 e. The van der Waals surface area contributed by atoms with Crippen LogP contribution in [0.1, 0.15) is 10.4 Å². The maximum absolute atomic E-state index is 12.6. The van der Waals surface area contributed by atoms with Gasteiger partial charge >= 0.3 is 6.01 Å². The lowest BCUT2D eigenvalue weighted by Gasteiger charge is -2.09. The van der Waals surface area contributed by atoms with E-state index in [-0.39, 0.29) is 28.1 Å². The number of amides is 1. The van der Waals surface area contributed by atoms with Crippen molar-refractivity contribution in [2.75, 3.05) is 17.1 Å². The number of hydrogen-bond donors (Lipinski definition) is 2. The maximum Gasteiger partial charge on any atom is 0.322 e. The Kier molecular flexibility index (Phi) is 6.29. The van der Waals surface area contributed by atoms with Gasteiger partial charge in [-0.2, -0.15) is 0 Å². The molecule has 168 valence electrons. The minimum absolute atomic E-state index is 0.0395. The van der Waals surface area contributed by atoms with Crippen molar-refractivity contribution < 1.29 is 22.4 Å². The Bertz CT molecular complexity index is 1400. The molecule has 11 heteroatoms. The first-order chi connectivity index (χ1) is 15.8. The molecule has 1 amide bonds. The van der Waals surface area contributed by atoms with Crippen molar-refractivity contribution in [1.82, 2.24) is 10.2 Å². The molecular formula is C22H17ClN4O5S. The minimum atomic E-state index is -3.86. The van der Waals surface area contributed by atoms with Gasteiger partial charge in [0, 0.05) is 21.8 Å². The molecule has 1 heterocycles. The van der Waals surface area contributed by atoms with E-state index in [0.717, 1.165) is 0 Å². The molecule has 0 aliphatic rings. The van der Waals surface area contributed by atoms with Crippen molar-refractivity contribution in [3.8, 4) is 17.2 Å². The van der Waals surface area contributed by atoms with Crippen LogP contribution in [0.15, 0.2) is 82.1 Å². The molecule has 0 unspecified atom stereocenters. The Balaban J connectivity index is 1.48. The second-order valence-electron chi connectivity index (χ2n) is 6.74. The van der Waals surface area contributed by atoms with Crippen LogP contribution in [0.25, 0.3) is 11.5 Å². The number of aromatic nitrogens is 2. The van der Waals surface area contributed by atoms with Crippen molar-refractivity contribution in [2.45, 2.75) is 4.90 Å². The zero-order valence-corrected chi connectivity index (χ0v) is 18.7. The van der Waals surface area contributed by atoms with Crippen molar-refractivity contribution in [1.29, 1.82) is 0 Å². The van der Waals surface area contributed by atoms with Gasteiger partial charge in [-0.15, -0.1) is 5.10 Å². The number of anilines is 2. The van der Waals surface area contributed by atoms with E-state index < -0.39 is 15.9 Å². The molecule has 2 N–H and O–H groups in total. The Labute approximate surface area is 194 Å². The molecule has 4 rings (SSSR count). The highest BCUT2D eigenvalue weighted by Gasteiger charge is 2.17. The molecule has 0 saturated carbocycles. The second-order valence-corrected chi connectivity index (χ2v) is 8.86. The van der Waals surface area contributed by atoms with Gasteiger partial charge in [0.15, 0.2) is 0 Å². The van der Waals surface area contributed by atoms with Crippen LogP contribution in [0, 0.1) is 0 Å². The number of nitrogens with zero attached hydrogens (tertiary/aromatic N) is 2. The molecule has 0 saturated heterocycles. The number of halogens is 1. The number of hydrogen-bond acceptors (Lipinski definition) is 7. The molecule has 0 spiro atoms. The van der Waals surface area contributed by atoms with Gasteiger partial charge in [-0.25, -0.2) is 8.42 Å². The van der Waals surface area contributed by atoms with Crippen LogP contribution in [0.2, 0.25) is 5.02 Å². The predicted molar refractivity (Wildman–Crippen MR) is 123 cm³/mol. The molecule has 0 bridgehead atoms. The van der Waals surface area contributed by atoms with Crippen molar-refractivity contribution in [2.24, 2.45) is 0 Å².